The van der Waals surface area contributed by atoms with Crippen LogP contribution in [-0.2, 0) is 10.0 Å². The SMILES string of the molecule is COc1ccc(Cl)cc1S(=O)(=O)Nc1cnc2c(c1)C(=CC=N)[NH2+]C(C)CO2. The molecule has 1 atom stereocenters. The Morgan fingerprint density at radius 2 is 2.21 bits per heavy atom. The van der Waals surface area contributed by atoms with Crippen LogP contribution in [0.3, 0.4) is 0 Å². The molecule has 1 aromatic heterocycles. The maximum atomic E-state index is 12.9. The number of fused-ring (bicyclic) bond motifs is 1. The number of rotatable bonds is 5. The average molecular weight is 424 g/mol. The van der Waals surface area contributed by atoms with Gasteiger partial charge in [-0.25, -0.2) is 13.4 Å². The van der Waals surface area contributed by atoms with Gasteiger partial charge in [0.2, 0.25) is 5.88 Å². The second-order valence-electron chi connectivity index (χ2n) is 6.22. The second-order valence-corrected chi connectivity index (χ2v) is 8.31. The van der Waals surface area contributed by atoms with Crippen LogP contribution in [0.2, 0.25) is 5.02 Å². The van der Waals surface area contributed by atoms with Gasteiger partial charge in [0.15, 0.2) is 0 Å². The number of allylic oxidation sites excluding steroid dienone is 1. The highest BCUT2D eigenvalue weighted by Crippen LogP contribution is 2.30. The maximum Gasteiger partial charge on any atom is 0.265 e. The molecule has 0 saturated carbocycles. The molecule has 10 heteroatoms. The summed E-state index contributed by atoms with van der Waals surface area (Å²) >= 11 is 5.95. The highest BCUT2D eigenvalue weighted by Gasteiger charge is 2.25. The Morgan fingerprint density at radius 1 is 1.43 bits per heavy atom. The third kappa shape index (κ3) is 4.27. The Labute approximate surface area is 168 Å². The zero-order chi connectivity index (χ0) is 20.3. The van der Waals surface area contributed by atoms with Gasteiger partial charge in [-0.3, -0.25) is 4.72 Å². The summed E-state index contributed by atoms with van der Waals surface area (Å²) < 4.78 is 39.0. The number of ether oxygens (including phenoxy) is 2. The van der Waals surface area contributed by atoms with Gasteiger partial charge in [0.25, 0.3) is 10.0 Å². The largest absolute Gasteiger partial charge is 0.495 e. The molecule has 148 valence electrons. The number of hydrogen-bond acceptors (Lipinski definition) is 6. The Morgan fingerprint density at radius 3 is 2.93 bits per heavy atom. The fourth-order valence-electron chi connectivity index (χ4n) is 2.79. The molecule has 0 bridgehead atoms. The van der Waals surface area contributed by atoms with Crippen molar-refractivity contribution in [1.82, 2.24) is 4.98 Å². The van der Waals surface area contributed by atoms with Crippen LogP contribution in [0.5, 0.6) is 11.6 Å². The van der Waals surface area contributed by atoms with E-state index in [0.29, 0.717) is 18.1 Å². The smallest absolute Gasteiger partial charge is 0.265 e. The summed E-state index contributed by atoms with van der Waals surface area (Å²) in [6.45, 7) is 2.43. The van der Waals surface area contributed by atoms with E-state index in [-0.39, 0.29) is 27.4 Å². The predicted molar refractivity (Wildman–Crippen MR) is 107 cm³/mol. The van der Waals surface area contributed by atoms with Gasteiger partial charge >= 0.3 is 0 Å². The average Bonchev–Trinajstić information content (AvgIpc) is 2.81. The van der Waals surface area contributed by atoms with Crippen molar-refractivity contribution in [2.45, 2.75) is 17.9 Å². The molecule has 0 radical (unpaired) electrons. The lowest BCUT2D eigenvalue weighted by Gasteiger charge is -2.13. The summed E-state index contributed by atoms with van der Waals surface area (Å²) in [6.07, 6.45) is 4.16. The summed E-state index contributed by atoms with van der Waals surface area (Å²) in [6, 6.07) is 6.10. The molecule has 4 N–H and O–H groups in total. The molecule has 0 fully saturated rings. The lowest BCUT2D eigenvalue weighted by molar-refractivity contribution is -0.598. The summed E-state index contributed by atoms with van der Waals surface area (Å²) in [5, 5.41) is 9.60. The van der Waals surface area contributed by atoms with Crippen LogP contribution in [0.4, 0.5) is 5.69 Å². The Balaban J connectivity index is 2.00. The van der Waals surface area contributed by atoms with E-state index in [1.54, 1.807) is 18.2 Å². The summed E-state index contributed by atoms with van der Waals surface area (Å²) in [5.74, 6) is 0.562. The van der Waals surface area contributed by atoms with E-state index < -0.39 is 10.0 Å². The normalized spacial score (nSPS) is 18.0. The first-order chi connectivity index (χ1) is 13.3. The van der Waals surface area contributed by atoms with Crippen molar-refractivity contribution in [1.29, 1.82) is 5.41 Å². The standard InChI is InChI=1S/C18H19ClN4O4S/c1-11-10-27-18-14(15(22-11)5-6-20)8-13(9-21-18)23-28(24,25)17-7-12(19)3-4-16(17)26-2/h3-9,11,20,22-23H,10H2,1-2H3/p+1. The van der Waals surface area contributed by atoms with Gasteiger partial charge in [-0.2, -0.15) is 0 Å². The lowest BCUT2D eigenvalue weighted by atomic mass is 10.1. The molecule has 3 rings (SSSR count). The van der Waals surface area contributed by atoms with Crippen molar-refractivity contribution >= 4 is 39.2 Å². The van der Waals surface area contributed by atoms with Gasteiger partial charge in [-0.1, -0.05) is 11.6 Å². The van der Waals surface area contributed by atoms with E-state index in [4.69, 9.17) is 26.5 Å². The number of nitrogens with zero attached hydrogens (tertiary/aromatic N) is 1. The molecule has 0 spiro atoms. The van der Waals surface area contributed by atoms with Gasteiger partial charge in [-0.15, -0.1) is 0 Å². The number of sulfonamides is 1. The third-order valence-electron chi connectivity index (χ3n) is 4.04. The van der Waals surface area contributed by atoms with Crippen LogP contribution in [0.25, 0.3) is 5.70 Å². The monoisotopic (exact) mass is 423 g/mol. The highest BCUT2D eigenvalue weighted by molar-refractivity contribution is 7.92. The van der Waals surface area contributed by atoms with Crippen LogP contribution >= 0.6 is 11.6 Å². The highest BCUT2D eigenvalue weighted by atomic mass is 35.5. The maximum absolute atomic E-state index is 12.9. The first-order valence-electron chi connectivity index (χ1n) is 8.39. The number of nitrogens with one attached hydrogen (secondary N) is 2. The lowest BCUT2D eigenvalue weighted by Crippen LogP contribution is -2.87. The zero-order valence-corrected chi connectivity index (χ0v) is 16.8. The van der Waals surface area contributed by atoms with Crippen LogP contribution in [0.15, 0.2) is 41.4 Å². The zero-order valence-electron chi connectivity index (χ0n) is 15.3. The number of nitrogens with two attached hydrogens (primary N) is 1. The quantitative estimate of drug-likeness (QED) is 0.634. The molecule has 0 amide bonds. The minimum absolute atomic E-state index is 0.0795. The topological polar surface area (TPSA) is 118 Å². The summed E-state index contributed by atoms with van der Waals surface area (Å²) in [5.41, 5.74) is 1.60. The number of hydrogen-bond donors (Lipinski definition) is 3. The molecule has 1 aliphatic rings. The molecule has 0 aliphatic carbocycles. The first-order valence-corrected chi connectivity index (χ1v) is 10.3. The van der Waals surface area contributed by atoms with Crippen LogP contribution in [-0.4, -0.2) is 39.4 Å². The van der Waals surface area contributed by atoms with Gasteiger partial charge < -0.3 is 20.2 Å². The molecule has 1 unspecified atom stereocenters. The van der Waals surface area contributed by atoms with E-state index in [2.05, 4.69) is 9.71 Å². The molecule has 0 saturated heterocycles. The Bertz CT molecular complexity index is 1040. The summed E-state index contributed by atoms with van der Waals surface area (Å²) in [4.78, 5) is 4.16. The van der Waals surface area contributed by atoms with Gasteiger partial charge in [-0.05, 0) is 31.2 Å². The fraction of sp³-hybridized carbons (Fsp3) is 0.222. The minimum atomic E-state index is -3.97. The Kier molecular flexibility index (Phi) is 5.87. The fourth-order valence-corrected chi connectivity index (χ4v) is 4.26. The van der Waals surface area contributed by atoms with Crippen molar-refractivity contribution in [3.05, 3.63) is 47.1 Å². The molecular formula is C18H20ClN4O4S+. The second kappa shape index (κ2) is 8.17. The number of methoxy groups -OCH3 is 1. The van der Waals surface area contributed by atoms with Crippen LogP contribution in [0.1, 0.15) is 12.5 Å². The van der Waals surface area contributed by atoms with E-state index in [0.717, 1.165) is 5.70 Å². The van der Waals surface area contributed by atoms with E-state index >= 15 is 0 Å². The minimum Gasteiger partial charge on any atom is -0.495 e. The van der Waals surface area contributed by atoms with E-state index in [1.165, 1.54) is 31.7 Å². The molecule has 1 aromatic carbocycles. The number of benzene rings is 1. The molecule has 2 heterocycles. The summed E-state index contributed by atoms with van der Waals surface area (Å²) in [7, 11) is -2.59. The van der Waals surface area contributed by atoms with Crippen molar-refractivity contribution in [3.8, 4) is 11.6 Å². The number of quaternary nitrogens is 1. The van der Waals surface area contributed by atoms with Gasteiger partial charge in [0.1, 0.15) is 29.0 Å². The third-order valence-corrected chi connectivity index (χ3v) is 5.68. The van der Waals surface area contributed by atoms with Gasteiger partial charge in [0, 0.05) is 17.3 Å². The first kappa shape index (κ1) is 20.1. The van der Waals surface area contributed by atoms with Gasteiger partial charge in [0.05, 0.1) is 24.6 Å². The number of halogens is 1. The van der Waals surface area contributed by atoms with Crippen molar-refractivity contribution in [2.24, 2.45) is 0 Å². The van der Waals surface area contributed by atoms with E-state index in [9.17, 15) is 8.42 Å². The van der Waals surface area contributed by atoms with Crippen molar-refractivity contribution < 1.29 is 23.2 Å². The molecular weight excluding hydrogens is 404 g/mol. The molecule has 8 nitrogen and oxygen atoms in total. The van der Waals surface area contributed by atoms with Crippen molar-refractivity contribution in [3.63, 3.8) is 0 Å². The molecule has 28 heavy (non-hydrogen) atoms. The number of anilines is 1. The van der Waals surface area contributed by atoms with E-state index in [1.807, 2.05) is 12.2 Å². The number of aromatic nitrogens is 1. The predicted octanol–water partition coefficient (Wildman–Crippen LogP) is 1.88. The van der Waals surface area contributed by atoms with Crippen LogP contribution < -0.4 is 19.5 Å². The van der Waals surface area contributed by atoms with Crippen LogP contribution in [0, 0.1) is 5.41 Å². The Hall–Kier alpha value is -2.62. The molecule has 1 aliphatic heterocycles. The molecule has 2 aromatic rings. The van der Waals surface area contributed by atoms with Crippen molar-refractivity contribution in [2.75, 3.05) is 18.4 Å². The number of pyridine rings is 1.